The molecule has 1 amide bonds. The summed E-state index contributed by atoms with van der Waals surface area (Å²) in [6.45, 7) is 6.44. The molecule has 1 unspecified atom stereocenters. The van der Waals surface area contributed by atoms with Crippen molar-refractivity contribution >= 4 is 11.9 Å². The van der Waals surface area contributed by atoms with Gasteiger partial charge in [-0.2, -0.15) is 0 Å². The minimum absolute atomic E-state index is 0.0397. The lowest BCUT2D eigenvalue weighted by Crippen LogP contribution is -2.44. The molecule has 1 atom stereocenters. The number of amides is 1. The van der Waals surface area contributed by atoms with E-state index in [1.807, 2.05) is 32.3 Å². The molecule has 1 aromatic rings. The Morgan fingerprint density at radius 2 is 2.10 bits per heavy atom. The van der Waals surface area contributed by atoms with E-state index in [9.17, 15) is 4.79 Å². The maximum absolute atomic E-state index is 12.3. The molecule has 0 aliphatic carbocycles. The van der Waals surface area contributed by atoms with E-state index in [0.717, 1.165) is 68.5 Å². The number of ether oxygens (including phenoxy) is 2. The Kier molecular flexibility index (Phi) is 7.57. The molecular weight excluding hydrogens is 370 g/mol. The van der Waals surface area contributed by atoms with Crippen LogP contribution in [-0.2, 0) is 11.3 Å². The van der Waals surface area contributed by atoms with Gasteiger partial charge in [0.2, 0.25) is 12.7 Å². The molecule has 0 saturated carbocycles. The number of benzene rings is 1. The van der Waals surface area contributed by atoms with Gasteiger partial charge < -0.3 is 25.0 Å². The molecule has 8 heteroatoms. The van der Waals surface area contributed by atoms with Crippen molar-refractivity contribution < 1.29 is 14.3 Å². The van der Waals surface area contributed by atoms with Crippen LogP contribution >= 0.6 is 0 Å². The van der Waals surface area contributed by atoms with Crippen molar-refractivity contribution in [3.05, 3.63) is 23.8 Å². The quantitative estimate of drug-likeness (QED) is 0.388. The molecule has 2 heterocycles. The number of carbonyl (C=O) groups excluding carboxylic acids is 1. The maximum Gasteiger partial charge on any atom is 0.239 e. The normalized spacial score (nSPS) is 18.7. The smallest absolute Gasteiger partial charge is 0.239 e. The highest BCUT2D eigenvalue weighted by Gasteiger charge is 2.30. The fraction of sp³-hybridized carbons (Fsp3) is 0.619. The van der Waals surface area contributed by atoms with Crippen LogP contribution in [0.15, 0.2) is 23.2 Å². The summed E-state index contributed by atoms with van der Waals surface area (Å²) in [4.78, 5) is 21.0. The molecule has 2 aliphatic rings. The predicted molar refractivity (Wildman–Crippen MR) is 113 cm³/mol. The number of guanidine groups is 1. The molecule has 1 fully saturated rings. The van der Waals surface area contributed by atoms with Crippen LogP contribution in [0.5, 0.6) is 11.5 Å². The number of aliphatic imine (C=N–C) groups is 1. The lowest BCUT2D eigenvalue weighted by Gasteiger charge is -2.26. The predicted octanol–water partition coefficient (Wildman–Crippen LogP) is 1.41. The third-order valence-corrected chi connectivity index (χ3v) is 5.20. The maximum atomic E-state index is 12.3. The van der Waals surface area contributed by atoms with Crippen LogP contribution in [0.4, 0.5) is 0 Å². The second-order valence-electron chi connectivity index (χ2n) is 7.59. The zero-order chi connectivity index (χ0) is 20.6. The fourth-order valence-corrected chi connectivity index (χ4v) is 3.71. The van der Waals surface area contributed by atoms with Gasteiger partial charge in [-0.05, 0) is 50.4 Å². The second-order valence-corrected chi connectivity index (χ2v) is 7.59. The van der Waals surface area contributed by atoms with Crippen molar-refractivity contribution in [3.8, 4) is 11.5 Å². The average molecular weight is 404 g/mol. The van der Waals surface area contributed by atoms with E-state index in [4.69, 9.17) is 9.47 Å². The number of fused-ring (bicyclic) bond motifs is 1. The first kappa shape index (κ1) is 21.2. The largest absolute Gasteiger partial charge is 0.454 e. The molecule has 1 aromatic carbocycles. The number of hydrogen-bond acceptors (Lipinski definition) is 5. The summed E-state index contributed by atoms with van der Waals surface area (Å²) in [6, 6.07) is 5.95. The number of carbonyl (C=O) groups is 1. The topological polar surface area (TPSA) is 78.4 Å². The van der Waals surface area contributed by atoms with Crippen molar-refractivity contribution in [2.45, 2.75) is 38.8 Å². The van der Waals surface area contributed by atoms with Crippen LogP contribution in [0.3, 0.4) is 0 Å². The molecule has 160 valence electrons. The number of nitrogens with zero attached hydrogens (tertiary/aromatic N) is 3. The van der Waals surface area contributed by atoms with Gasteiger partial charge in [0.1, 0.15) is 0 Å². The van der Waals surface area contributed by atoms with E-state index in [1.54, 1.807) is 4.90 Å². The van der Waals surface area contributed by atoms with Gasteiger partial charge in [0.25, 0.3) is 0 Å². The first-order valence-corrected chi connectivity index (χ1v) is 10.4. The fourth-order valence-electron chi connectivity index (χ4n) is 3.71. The van der Waals surface area contributed by atoms with Gasteiger partial charge in [0.05, 0.1) is 12.6 Å². The Morgan fingerprint density at radius 1 is 1.28 bits per heavy atom. The summed E-state index contributed by atoms with van der Waals surface area (Å²) in [7, 11) is 3.67. The van der Waals surface area contributed by atoms with Crippen LogP contribution in [0, 0.1) is 0 Å². The molecule has 1 saturated heterocycles. The first-order chi connectivity index (χ1) is 14.1. The Balaban J connectivity index is 1.45. The van der Waals surface area contributed by atoms with E-state index in [0.29, 0.717) is 6.54 Å². The van der Waals surface area contributed by atoms with Crippen molar-refractivity contribution in [2.75, 3.05) is 47.1 Å². The third-order valence-electron chi connectivity index (χ3n) is 5.20. The third kappa shape index (κ3) is 5.76. The zero-order valence-electron chi connectivity index (χ0n) is 17.7. The molecule has 2 N–H and O–H groups in total. The Bertz CT molecular complexity index is 722. The Morgan fingerprint density at radius 3 is 2.90 bits per heavy atom. The number of rotatable bonds is 8. The van der Waals surface area contributed by atoms with Crippen LogP contribution in [0.25, 0.3) is 0 Å². The summed E-state index contributed by atoms with van der Waals surface area (Å²) in [6.07, 6.45) is 3.02. The van der Waals surface area contributed by atoms with Gasteiger partial charge in [-0.25, -0.2) is 4.99 Å². The van der Waals surface area contributed by atoms with Gasteiger partial charge in [0.15, 0.2) is 17.5 Å². The standard InChI is InChI=1S/C21H33N5O3/c1-4-22-21(24-14-16-8-9-18-19(13-16)29-15-28-18)23-10-6-12-26-11-5-7-17(26)20(27)25(2)3/h8-9,13,17H,4-7,10-12,14-15H2,1-3H3,(H2,22,23,24). The molecule has 29 heavy (non-hydrogen) atoms. The SMILES string of the molecule is CCNC(=NCc1ccc2c(c1)OCO2)NCCCN1CCCC1C(=O)N(C)C. The van der Waals surface area contributed by atoms with Crippen LogP contribution in [0.2, 0.25) is 0 Å². The Labute approximate surface area is 173 Å². The van der Waals surface area contributed by atoms with Crippen molar-refractivity contribution in [3.63, 3.8) is 0 Å². The molecule has 8 nitrogen and oxygen atoms in total. The highest BCUT2D eigenvalue weighted by Crippen LogP contribution is 2.32. The highest BCUT2D eigenvalue weighted by molar-refractivity contribution is 5.81. The average Bonchev–Trinajstić information content (AvgIpc) is 3.37. The van der Waals surface area contributed by atoms with E-state index in [-0.39, 0.29) is 18.7 Å². The molecule has 0 bridgehead atoms. The van der Waals surface area contributed by atoms with E-state index < -0.39 is 0 Å². The molecular formula is C21H33N5O3. The van der Waals surface area contributed by atoms with Crippen LogP contribution < -0.4 is 20.1 Å². The minimum Gasteiger partial charge on any atom is -0.454 e. The van der Waals surface area contributed by atoms with E-state index in [2.05, 4.69) is 27.4 Å². The van der Waals surface area contributed by atoms with E-state index in [1.165, 1.54) is 0 Å². The van der Waals surface area contributed by atoms with Gasteiger partial charge in [0, 0.05) is 33.7 Å². The second kappa shape index (κ2) is 10.3. The highest BCUT2D eigenvalue weighted by atomic mass is 16.7. The van der Waals surface area contributed by atoms with Crippen LogP contribution in [0.1, 0.15) is 31.7 Å². The monoisotopic (exact) mass is 403 g/mol. The zero-order valence-corrected chi connectivity index (χ0v) is 17.7. The van der Waals surface area contributed by atoms with Gasteiger partial charge in [-0.1, -0.05) is 6.07 Å². The lowest BCUT2D eigenvalue weighted by molar-refractivity contribution is -0.133. The molecule has 2 aliphatic heterocycles. The molecule has 0 radical (unpaired) electrons. The Hall–Kier alpha value is -2.48. The number of nitrogens with one attached hydrogen (secondary N) is 2. The minimum atomic E-state index is 0.0397. The summed E-state index contributed by atoms with van der Waals surface area (Å²) < 4.78 is 10.8. The van der Waals surface area contributed by atoms with E-state index >= 15 is 0 Å². The van der Waals surface area contributed by atoms with Crippen molar-refractivity contribution in [2.24, 2.45) is 4.99 Å². The van der Waals surface area contributed by atoms with Crippen molar-refractivity contribution in [1.82, 2.24) is 20.4 Å². The summed E-state index contributed by atoms with van der Waals surface area (Å²) in [5.74, 6) is 2.58. The molecule has 0 spiro atoms. The number of likely N-dealkylation sites (tertiary alicyclic amines) is 1. The van der Waals surface area contributed by atoms with Gasteiger partial charge in [-0.3, -0.25) is 9.69 Å². The first-order valence-electron chi connectivity index (χ1n) is 10.4. The number of likely N-dealkylation sites (N-methyl/N-ethyl adjacent to an activating group) is 1. The molecule has 0 aromatic heterocycles. The lowest BCUT2D eigenvalue weighted by atomic mass is 10.2. The summed E-state index contributed by atoms with van der Waals surface area (Å²) in [5, 5.41) is 6.68. The van der Waals surface area contributed by atoms with Crippen molar-refractivity contribution in [1.29, 1.82) is 0 Å². The number of hydrogen-bond donors (Lipinski definition) is 2. The van der Waals surface area contributed by atoms with Gasteiger partial charge in [-0.15, -0.1) is 0 Å². The summed E-state index contributed by atoms with van der Waals surface area (Å²) in [5.41, 5.74) is 1.08. The van der Waals surface area contributed by atoms with Crippen LogP contribution in [-0.4, -0.2) is 74.8 Å². The molecule has 3 rings (SSSR count). The summed E-state index contributed by atoms with van der Waals surface area (Å²) >= 11 is 0. The van der Waals surface area contributed by atoms with Gasteiger partial charge >= 0.3 is 0 Å².